The van der Waals surface area contributed by atoms with Gasteiger partial charge < -0.3 is 0 Å². The molecule has 0 aliphatic heterocycles. The van der Waals surface area contributed by atoms with Crippen molar-refractivity contribution in [2.75, 3.05) is 0 Å². The van der Waals surface area contributed by atoms with Crippen molar-refractivity contribution in [1.29, 1.82) is 0 Å². The van der Waals surface area contributed by atoms with E-state index in [1.165, 1.54) is 0 Å². The lowest BCUT2D eigenvalue weighted by Gasteiger charge is -2.01. The third-order valence-corrected chi connectivity index (χ3v) is 2.59. The van der Waals surface area contributed by atoms with Gasteiger partial charge >= 0.3 is 0 Å². The van der Waals surface area contributed by atoms with E-state index in [0.29, 0.717) is 17.3 Å². The van der Waals surface area contributed by atoms with Crippen molar-refractivity contribution in [1.82, 2.24) is 15.2 Å². The highest BCUT2D eigenvalue weighted by Crippen LogP contribution is 2.05. The predicted octanol–water partition coefficient (Wildman–Crippen LogP) is 2.19. The number of rotatable bonds is 4. The minimum Gasteiger partial charge on any atom is -0.299 e. The van der Waals surface area contributed by atoms with Gasteiger partial charge in [0, 0.05) is 17.8 Å². The summed E-state index contributed by atoms with van der Waals surface area (Å²) in [5.41, 5.74) is 2.31. The number of carbonyl (C=O) groups is 1. The number of nitrogens with zero attached hydrogens (tertiary/aromatic N) is 3. The maximum Gasteiger partial charge on any atom is 0.151 e. The molecule has 2 aromatic heterocycles. The standard InChI is InChI=1S/C13H12ClN3O/c1-9-3-2-4-10(15-9)7-12(18)8-11-5-6-13(14)17-16-11/h2-6H,7-8H2,1H3. The summed E-state index contributed by atoms with van der Waals surface area (Å²) in [6, 6.07) is 8.98. The number of hydrogen-bond acceptors (Lipinski definition) is 4. The topological polar surface area (TPSA) is 55.7 Å². The average molecular weight is 262 g/mol. The van der Waals surface area contributed by atoms with Gasteiger partial charge in [-0.15, -0.1) is 5.10 Å². The minimum atomic E-state index is 0.0599. The van der Waals surface area contributed by atoms with Crippen molar-refractivity contribution in [2.24, 2.45) is 0 Å². The minimum absolute atomic E-state index is 0.0599. The summed E-state index contributed by atoms with van der Waals surface area (Å²) in [5, 5.41) is 7.88. The molecule has 0 spiro atoms. The molecule has 0 unspecified atom stereocenters. The Balaban J connectivity index is 1.98. The summed E-state index contributed by atoms with van der Waals surface area (Å²) >= 11 is 5.63. The number of pyridine rings is 1. The highest BCUT2D eigenvalue weighted by atomic mass is 35.5. The van der Waals surface area contributed by atoms with Gasteiger partial charge in [0.05, 0.1) is 12.1 Å². The van der Waals surface area contributed by atoms with Gasteiger partial charge in [-0.25, -0.2) is 0 Å². The third-order valence-electron chi connectivity index (χ3n) is 2.39. The molecule has 0 aromatic carbocycles. The Kier molecular flexibility index (Phi) is 3.99. The molecule has 0 atom stereocenters. The molecular weight excluding hydrogens is 250 g/mol. The van der Waals surface area contributed by atoms with Crippen LogP contribution in [0.2, 0.25) is 5.15 Å². The van der Waals surface area contributed by atoms with Crippen LogP contribution < -0.4 is 0 Å². The van der Waals surface area contributed by atoms with Gasteiger partial charge in [-0.05, 0) is 31.2 Å². The van der Waals surface area contributed by atoms with E-state index < -0.39 is 0 Å². The van der Waals surface area contributed by atoms with Crippen LogP contribution >= 0.6 is 11.6 Å². The van der Waals surface area contributed by atoms with Crippen molar-refractivity contribution >= 4 is 17.4 Å². The monoisotopic (exact) mass is 261 g/mol. The van der Waals surface area contributed by atoms with E-state index in [4.69, 9.17) is 11.6 Å². The third kappa shape index (κ3) is 3.60. The number of halogens is 1. The van der Waals surface area contributed by atoms with Crippen LogP contribution in [0.1, 0.15) is 17.1 Å². The average Bonchev–Trinajstić information content (AvgIpc) is 2.32. The van der Waals surface area contributed by atoms with Crippen molar-refractivity contribution < 1.29 is 4.79 Å². The van der Waals surface area contributed by atoms with Crippen molar-refractivity contribution in [3.63, 3.8) is 0 Å². The fraction of sp³-hybridized carbons (Fsp3) is 0.231. The molecule has 0 saturated carbocycles. The zero-order chi connectivity index (χ0) is 13.0. The van der Waals surface area contributed by atoms with Crippen LogP contribution in [0.5, 0.6) is 0 Å². The molecule has 92 valence electrons. The van der Waals surface area contributed by atoms with Crippen molar-refractivity contribution in [2.45, 2.75) is 19.8 Å². The first-order valence-corrected chi connectivity index (χ1v) is 5.93. The molecule has 0 fully saturated rings. The lowest BCUT2D eigenvalue weighted by molar-refractivity contribution is -0.117. The van der Waals surface area contributed by atoms with Crippen LogP contribution in [0.15, 0.2) is 30.3 Å². The molecule has 0 aliphatic carbocycles. The Bertz CT molecular complexity index is 554. The number of Topliss-reactive ketones (excluding diaryl/α,β-unsaturated/α-hetero) is 1. The van der Waals surface area contributed by atoms with Crippen LogP contribution in [0.25, 0.3) is 0 Å². The molecule has 4 nitrogen and oxygen atoms in total. The molecule has 0 amide bonds. The zero-order valence-corrected chi connectivity index (χ0v) is 10.7. The Labute approximate surface area is 110 Å². The molecule has 2 aromatic rings. The molecular formula is C13H12ClN3O. The molecule has 5 heteroatoms. The first-order valence-electron chi connectivity index (χ1n) is 5.56. The van der Waals surface area contributed by atoms with E-state index >= 15 is 0 Å². The van der Waals surface area contributed by atoms with Crippen LogP contribution in [0.3, 0.4) is 0 Å². The molecule has 18 heavy (non-hydrogen) atoms. The number of aryl methyl sites for hydroxylation is 1. The van der Waals surface area contributed by atoms with Gasteiger partial charge in [-0.3, -0.25) is 9.78 Å². The number of aromatic nitrogens is 3. The Hall–Kier alpha value is -1.81. The van der Waals surface area contributed by atoms with Crippen LogP contribution in [0.4, 0.5) is 0 Å². The summed E-state index contributed by atoms with van der Waals surface area (Å²) in [4.78, 5) is 16.1. The predicted molar refractivity (Wildman–Crippen MR) is 68.4 cm³/mol. The Morgan fingerprint density at radius 1 is 1.11 bits per heavy atom. The normalized spacial score (nSPS) is 10.3. The molecule has 0 radical (unpaired) electrons. The second-order valence-electron chi connectivity index (χ2n) is 4.01. The molecule has 0 aliphatic rings. The molecule has 0 saturated heterocycles. The van der Waals surface area contributed by atoms with E-state index in [9.17, 15) is 4.79 Å². The zero-order valence-electron chi connectivity index (χ0n) is 9.93. The number of carbonyl (C=O) groups excluding carboxylic acids is 1. The van der Waals surface area contributed by atoms with Gasteiger partial charge in [-0.1, -0.05) is 17.7 Å². The van der Waals surface area contributed by atoms with Crippen molar-refractivity contribution in [3.05, 3.63) is 52.6 Å². The highest BCUT2D eigenvalue weighted by Gasteiger charge is 2.07. The van der Waals surface area contributed by atoms with E-state index in [1.807, 2.05) is 25.1 Å². The quantitative estimate of drug-likeness (QED) is 0.847. The number of hydrogen-bond donors (Lipinski definition) is 0. The van der Waals surface area contributed by atoms with Gasteiger partial charge in [0.25, 0.3) is 0 Å². The van der Waals surface area contributed by atoms with Crippen LogP contribution in [0, 0.1) is 6.92 Å². The molecule has 0 bridgehead atoms. The van der Waals surface area contributed by atoms with E-state index in [0.717, 1.165) is 11.4 Å². The second kappa shape index (κ2) is 5.69. The first kappa shape index (κ1) is 12.6. The Morgan fingerprint density at radius 2 is 1.89 bits per heavy atom. The van der Waals surface area contributed by atoms with Gasteiger partial charge in [0.2, 0.25) is 0 Å². The largest absolute Gasteiger partial charge is 0.299 e. The van der Waals surface area contributed by atoms with E-state index in [2.05, 4.69) is 15.2 Å². The second-order valence-corrected chi connectivity index (χ2v) is 4.40. The maximum absolute atomic E-state index is 11.8. The fourth-order valence-corrected chi connectivity index (χ4v) is 1.70. The Morgan fingerprint density at radius 3 is 2.56 bits per heavy atom. The van der Waals surface area contributed by atoms with E-state index in [-0.39, 0.29) is 12.2 Å². The highest BCUT2D eigenvalue weighted by molar-refractivity contribution is 6.29. The summed E-state index contributed by atoms with van der Waals surface area (Å²) in [6.07, 6.45) is 0.561. The maximum atomic E-state index is 11.8. The molecule has 2 rings (SSSR count). The van der Waals surface area contributed by atoms with Crippen LogP contribution in [-0.4, -0.2) is 21.0 Å². The number of ketones is 1. The lowest BCUT2D eigenvalue weighted by atomic mass is 10.1. The summed E-state index contributed by atoms with van der Waals surface area (Å²) in [5.74, 6) is 0.0599. The smallest absolute Gasteiger partial charge is 0.151 e. The van der Waals surface area contributed by atoms with Gasteiger partial charge in [0.1, 0.15) is 5.78 Å². The van der Waals surface area contributed by atoms with Gasteiger partial charge in [-0.2, -0.15) is 5.10 Å². The summed E-state index contributed by atoms with van der Waals surface area (Å²) in [7, 11) is 0. The molecule has 0 N–H and O–H groups in total. The SMILES string of the molecule is Cc1cccc(CC(=O)Cc2ccc(Cl)nn2)n1. The molecule has 2 heterocycles. The lowest BCUT2D eigenvalue weighted by Crippen LogP contribution is -2.09. The van der Waals surface area contributed by atoms with Crippen LogP contribution in [-0.2, 0) is 17.6 Å². The van der Waals surface area contributed by atoms with Crippen molar-refractivity contribution in [3.8, 4) is 0 Å². The summed E-state index contributed by atoms with van der Waals surface area (Å²) in [6.45, 7) is 1.90. The summed E-state index contributed by atoms with van der Waals surface area (Å²) < 4.78 is 0. The van der Waals surface area contributed by atoms with E-state index in [1.54, 1.807) is 12.1 Å². The first-order chi connectivity index (χ1) is 8.63. The fourth-order valence-electron chi connectivity index (χ4n) is 1.60. The van der Waals surface area contributed by atoms with Gasteiger partial charge in [0.15, 0.2) is 5.15 Å².